The number of ether oxygens (including phenoxy) is 1. The van der Waals surface area contributed by atoms with Gasteiger partial charge in [-0.1, -0.05) is 20.8 Å². The first-order valence-corrected chi connectivity index (χ1v) is 5.47. The number of methoxy groups -OCH3 is 1. The maximum Gasteiger partial charge on any atom is 0.324 e. The van der Waals surface area contributed by atoms with Gasteiger partial charge < -0.3 is 15.0 Å². The van der Waals surface area contributed by atoms with Gasteiger partial charge in [-0.15, -0.1) is 0 Å². The number of carbonyl (C=O) groups excluding carboxylic acids is 2. The lowest BCUT2D eigenvalue weighted by atomic mass is 9.94. The SMILES string of the molecule is COC(=O)C1CN(C(=O)C(C)(C)C)CCN1. The van der Waals surface area contributed by atoms with Gasteiger partial charge in [0, 0.05) is 25.0 Å². The first-order chi connectivity index (χ1) is 7.36. The summed E-state index contributed by atoms with van der Waals surface area (Å²) in [5.41, 5.74) is -0.405. The Morgan fingerprint density at radius 3 is 2.50 bits per heavy atom. The van der Waals surface area contributed by atoms with Crippen molar-refractivity contribution in [3.63, 3.8) is 0 Å². The Hall–Kier alpha value is -1.10. The van der Waals surface area contributed by atoms with E-state index in [2.05, 4.69) is 10.1 Å². The maximum absolute atomic E-state index is 12.0. The van der Waals surface area contributed by atoms with E-state index in [9.17, 15) is 9.59 Å². The summed E-state index contributed by atoms with van der Waals surface area (Å²) in [6.45, 7) is 7.30. The van der Waals surface area contributed by atoms with Crippen LogP contribution in [0.2, 0.25) is 0 Å². The Labute approximate surface area is 96.1 Å². The van der Waals surface area contributed by atoms with E-state index in [1.165, 1.54) is 7.11 Å². The number of hydrogen-bond donors (Lipinski definition) is 1. The van der Waals surface area contributed by atoms with Gasteiger partial charge in [0.05, 0.1) is 7.11 Å². The predicted octanol–water partition coefficient (Wildman–Crippen LogP) is 0.00590. The highest BCUT2D eigenvalue weighted by atomic mass is 16.5. The second-order valence-electron chi connectivity index (χ2n) is 5.03. The molecule has 1 saturated heterocycles. The summed E-state index contributed by atoms with van der Waals surface area (Å²) in [4.78, 5) is 25.1. The summed E-state index contributed by atoms with van der Waals surface area (Å²) in [7, 11) is 1.36. The Bertz CT molecular complexity index is 283. The van der Waals surface area contributed by atoms with E-state index in [1.807, 2.05) is 20.8 Å². The summed E-state index contributed by atoms with van der Waals surface area (Å²) in [6.07, 6.45) is 0. The van der Waals surface area contributed by atoms with Crippen LogP contribution in [0.1, 0.15) is 20.8 Å². The third-order valence-electron chi connectivity index (χ3n) is 2.59. The minimum absolute atomic E-state index is 0.0721. The molecule has 5 heteroatoms. The molecule has 1 unspecified atom stereocenters. The zero-order valence-electron chi connectivity index (χ0n) is 10.4. The van der Waals surface area contributed by atoms with E-state index in [0.29, 0.717) is 19.6 Å². The normalized spacial score (nSPS) is 21.8. The van der Waals surface area contributed by atoms with Crippen LogP contribution in [0.15, 0.2) is 0 Å². The number of nitrogens with one attached hydrogen (secondary N) is 1. The first-order valence-electron chi connectivity index (χ1n) is 5.47. The Balaban J connectivity index is 2.64. The number of nitrogens with zero attached hydrogens (tertiary/aromatic N) is 1. The number of esters is 1. The molecule has 0 saturated carbocycles. The van der Waals surface area contributed by atoms with Crippen LogP contribution < -0.4 is 5.32 Å². The number of carbonyl (C=O) groups is 2. The maximum atomic E-state index is 12.0. The molecule has 0 aromatic heterocycles. The van der Waals surface area contributed by atoms with E-state index in [4.69, 9.17) is 0 Å². The van der Waals surface area contributed by atoms with Crippen LogP contribution in [-0.4, -0.2) is 49.6 Å². The molecular formula is C11H20N2O3. The van der Waals surface area contributed by atoms with E-state index >= 15 is 0 Å². The third kappa shape index (κ3) is 2.95. The van der Waals surface area contributed by atoms with Crippen molar-refractivity contribution in [2.24, 2.45) is 5.41 Å². The van der Waals surface area contributed by atoms with Crippen molar-refractivity contribution >= 4 is 11.9 Å². The lowest BCUT2D eigenvalue weighted by Crippen LogP contribution is -2.57. The van der Waals surface area contributed by atoms with Crippen molar-refractivity contribution in [2.75, 3.05) is 26.7 Å². The van der Waals surface area contributed by atoms with Crippen LogP contribution in [0, 0.1) is 5.41 Å². The molecule has 1 amide bonds. The van der Waals surface area contributed by atoms with E-state index in [0.717, 1.165) is 0 Å². The van der Waals surface area contributed by atoms with E-state index < -0.39 is 11.5 Å². The molecule has 0 bridgehead atoms. The summed E-state index contributed by atoms with van der Waals surface area (Å²) in [5.74, 6) is -0.241. The minimum atomic E-state index is -0.405. The van der Waals surface area contributed by atoms with Crippen LogP contribution >= 0.6 is 0 Å². The van der Waals surface area contributed by atoms with Crippen molar-refractivity contribution < 1.29 is 14.3 Å². The molecule has 1 rings (SSSR count). The average molecular weight is 228 g/mol. The fourth-order valence-corrected chi connectivity index (χ4v) is 1.71. The highest BCUT2D eigenvalue weighted by Gasteiger charge is 2.33. The molecule has 0 radical (unpaired) electrons. The van der Waals surface area contributed by atoms with Gasteiger partial charge >= 0.3 is 5.97 Å². The lowest BCUT2D eigenvalue weighted by molar-refractivity contribution is -0.147. The van der Waals surface area contributed by atoms with Crippen molar-refractivity contribution in [3.05, 3.63) is 0 Å². The van der Waals surface area contributed by atoms with Gasteiger partial charge in [0.2, 0.25) is 5.91 Å². The predicted molar refractivity (Wildman–Crippen MR) is 59.8 cm³/mol. The zero-order valence-corrected chi connectivity index (χ0v) is 10.4. The van der Waals surface area contributed by atoms with E-state index in [-0.39, 0.29) is 11.9 Å². The monoisotopic (exact) mass is 228 g/mol. The van der Waals surface area contributed by atoms with Crippen LogP contribution in [0.25, 0.3) is 0 Å². The molecule has 16 heavy (non-hydrogen) atoms. The number of rotatable bonds is 1. The topological polar surface area (TPSA) is 58.6 Å². The van der Waals surface area contributed by atoms with Crippen molar-refractivity contribution in [1.82, 2.24) is 10.2 Å². The first kappa shape index (κ1) is 13.0. The van der Waals surface area contributed by atoms with Gasteiger partial charge in [0.15, 0.2) is 0 Å². The van der Waals surface area contributed by atoms with Gasteiger partial charge in [0.1, 0.15) is 6.04 Å². The lowest BCUT2D eigenvalue weighted by Gasteiger charge is -2.35. The Morgan fingerprint density at radius 2 is 2.00 bits per heavy atom. The Morgan fingerprint density at radius 1 is 1.38 bits per heavy atom. The molecule has 1 fully saturated rings. The molecule has 92 valence electrons. The smallest absolute Gasteiger partial charge is 0.324 e. The molecule has 0 aliphatic carbocycles. The van der Waals surface area contributed by atoms with Crippen molar-refractivity contribution in [2.45, 2.75) is 26.8 Å². The third-order valence-corrected chi connectivity index (χ3v) is 2.59. The van der Waals surface area contributed by atoms with Crippen LogP contribution in [0.3, 0.4) is 0 Å². The van der Waals surface area contributed by atoms with Crippen molar-refractivity contribution in [3.8, 4) is 0 Å². The second kappa shape index (κ2) is 4.82. The molecule has 0 aromatic carbocycles. The van der Waals surface area contributed by atoms with Crippen LogP contribution in [0.4, 0.5) is 0 Å². The molecule has 1 N–H and O–H groups in total. The largest absolute Gasteiger partial charge is 0.468 e. The minimum Gasteiger partial charge on any atom is -0.468 e. The summed E-state index contributed by atoms with van der Waals surface area (Å²) in [5, 5.41) is 3.04. The number of piperazine rings is 1. The summed E-state index contributed by atoms with van der Waals surface area (Å²) >= 11 is 0. The fraction of sp³-hybridized carbons (Fsp3) is 0.818. The van der Waals surface area contributed by atoms with E-state index in [1.54, 1.807) is 4.90 Å². The molecule has 1 aliphatic rings. The second-order valence-corrected chi connectivity index (χ2v) is 5.03. The zero-order chi connectivity index (χ0) is 12.3. The summed E-state index contributed by atoms with van der Waals surface area (Å²) < 4.78 is 4.66. The quantitative estimate of drug-likeness (QED) is 0.642. The van der Waals surface area contributed by atoms with Gasteiger partial charge in [-0.05, 0) is 0 Å². The number of hydrogen-bond acceptors (Lipinski definition) is 4. The number of amides is 1. The molecule has 0 spiro atoms. The van der Waals surface area contributed by atoms with Crippen LogP contribution in [0.5, 0.6) is 0 Å². The van der Waals surface area contributed by atoms with Crippen LogP contribution in [-0.2, 0) is 14.3 Å². The molecule has 5 nitrogen and oxygen atoms in total. The van der Waals surface area contributed by atoms with Gasteiger partial charge in [0.25, 0.3) is 0 Å². The summed E-state index contributed by atoms with van der Waals surface area (Å²) in [6, 6.07) is -0.398. The standard InChI is InChI=1S/C11H20N2O3/c1-11(2,3)10(15)13-6-5-12-8(7-13)9(14)16-4/h8,12H,5-7H2,1-4H3. The average Bonchev–Trinajstić information content (AvgIpc) is 2.26. The highest BCUT2D eigenvalue weighted by Crippen LogP contribution is 2.18. The molecule has 1 aliphatic heterocycles. The van der Waals surface area contributed by atoms with Crippen molar-refractivity contribution in [1.29, 1.82) is 0 Å². The highest BCUT2D eigenvalue weighted by molar-refractivity contribution is 5.83. The molecular weight excluding hydrogens is 208 g/mol. The molecule has 1 heterocycles. The van der Waals surface area contributed by atoms with Gasteiger partial charge in [-0.3, -0.25) is 9.59 Å². The van der Waals surface area contributed by atoms with Gasteiger partial charge in [-0.2, -0.15) is 0 Å². The van der Waals surface area contributed by atoms with Gasteiger partial charge in [-0.25, -0.2) is 0 Å². The molecule has 1 atom stereocenters. The Kier molecular flexibility index (Phi) is 3.91. The fourth-order valence-electron chi connectivity index (χ4n) is 1.71. The molecule has 0 aromatic rings.